The molecule has 3 atom stereocenters. The van der Waals surface area contributed by atoms with Crippen molar-refractivity contribution in [2.24, 2.45) is 17.6 Å². The Hall–Kier alpha value is -0.610. The van der Waals surface area contributed by atoms with Crippen molar-refractivity contribution < 1.29 is 9.90 Å². The second kappa shape index (κ2) is 4.49. The van der Waals surface area contributed by atoms with Crippen LogP contribution < -0.4 is 5.73 Å². The number of carbonyl (C=O) groups is 1. The lowest BCUT2D eigenvalue weighted by Crippen LogP contribution is -2.56. The fourth-order valence-electron chi connectivity index (χ4n) is 4.11. The first-order valence-corrected chi connectivity index (χ1v) is 7.36. The summed E-state index contributed by atoms with van der Waals surface area (Å²) >= 11 is 0. The van der Waals surface area contributed by atoms with Gasteiger partial charge < -0.3 is 15.7 Å². The number of likely N-dealkylation sites (tertiary alicyclic amines) is 1. The van der Waals surface area contributed by atoms with Crippen molar-refractivity contribution in [2.45, 2.75) is 56.6 Å². The summed E-state index contributed by atoms with van der Waals surface area (Å²) in [6.45, 7) is 1.54. The predicted molar refractivity (Wildman–Crippen MR) is 68.8 cm³/mol. The lowest BCUT2D eigenvalue weighted by molar-refractivity contribution is -0.137. The normalized spacial score (nSPS) is 38.8. The zero-order valence-electron chi connectivity index (χ0n) is 11.0. The lowest BCUT2D eigenvalue weighted by Gasteiger charge is -2.35. The fraction of sp³-hybridized carbons (Fsp3) is 0.929. The van der Waals surface area contributed by atoms with Crippen molar-refractivity contribution in [1.82, 2.24) is 4.90 Å². The molecule has 0 spiro atoms. The maximum atomic E-state index is 12.6. The van der Waals surface area contributed by atoms with E-state index in [-0.39, 0.29) is 12.0 Å². The number of nitrogens with zero attached hydrogens (tertiary/aromatic N) is 1. The molecule has 4 heteroatoms. The molecule has 2 saturated carbocycles. The van der Waals surface area contributed by atoms with Crippen molar-refractivity contribution in [2.75, 3.05) is 13.1 Å². The third-order valence-electron chi connectivity index (χ3n) is 5.28. The van der Waals surface area contributed by atoms with Gasteiger partial charge in [0, 0.05) is 19.0 Å². The number of rotatable bonds is 1. The second-order valence-corrected chi connectivity index (χ2v) is 6.50. The predicted octanol–water partition coefficient (Wildman–Crippen LogP) is 0.877. The second-order valence-electron chi connectivity index (χ2n) is 6.50. The molecule has 0 aromatic rings. The molecule has 2 aliphatic carbocycles. The number of aliphatic hydroxyl groups excluding tert-OH is 1. The van der Waals surface area contributed by atoms with Gasteiger partial charge in [0.25, 0.3) is 0 Å². The highest BCUT2D eigenvalue weighted by Gasteiger charge is 2.47. The number of fused-ring (bicyclic) bond motifs is 1. The topological polar surface area (TPSA) is 66.6 Å². The number of hydrogen-bond acceptors (Lipinski definition) is 3. The SMILES string of the molecule is NC1(C(=O)N2CC3CCC(O)C3C2)CCCCC1. The van der Waals surface area contributed by atoms with E-state index in [0.717, 1.165) is 51.6 Å². The minimum absolute atomic E-state index is 0.142. The third-order valence-corrected chi connectivity index (χ3v) is 5.28. The van der Waals surface area contributed by atoms with E-state index < -0.39 is 5.54 Å². The summed E-state index contributed by atoms with van der Waals surface area (Å²) in [6.07, 6.45) is 6.79. The molecule has 3 rings (SSSR count). The Morgan fingerprint density at radius 1 is 1.17 bits per heavy atom. The van der Waals surface area contributed by atoms with E-state index in [0.29, 0.717) is 11.8 Å². The van der Waals surface area contributed by atoms with Crippen molar-refractivity contribution in [3.63, 3.8) is 0 Å². The molecule has 3 fully saturated rings. The summed E-state index contributed by atoms with van der Waals surface area (Å²) in [5, 5.41) is 9.90. The van der Waals surface area contributed by atoms with E-state index >= 15 is 0 Å². The van der Waals surface area contributed by atoms with Gasteiger partial charge in [-0.15, -0.1) is 0 Å². The number of hydrogen-bond donors (Lipinski definition) is 2. The molecule has 0 radical (unpaired) electrons. The summed E-state index contributed by atoms with van der Waals surface area (Å²) in [5.41, 5.74) is 5.70. The number of aliphatic hydroxyl groups is 1. The fourth-order valence-corrected chi connectivity index (χ4v) is 4.11. The highest BCUT2D eigenvalue weighted by molar-refractivity contribution is 5.86. The van der Waals surface area contributed by atoms with Crippen molar-refractivity contribution in [3.05, 3.63) is 0 Å². The molecule has 102 valence electrons. The minimum Gasteiger partial charge on any atom is -0.393 e. The molecule has 3 N–H and O–H groups in total. The highest BCUT2D eigenvalue weighted by atomic mass is 16.3. The smallest absolute Gasteiger partial charge is 0.242 e. The molecule has 3 unspecified atom stereocenters. The molecule has 1 amide bonds. The van der Waals surface area contributed by atoms with Gasteiger partial charge in [0.2, 0.25) is 5.91 Å². The van der Waals surface area contributed by atoms with Gasteiger partial charge in [0.15, 0.2) is 0 Å². The van der Waals surface area contributed by atoms with E-state index in [2.05, 4.69) is 0 Å². The van der Waals surface area contributed by atoms with E-state index in [1.165, 1.54) is 6.42 Å². The molecule has 0 bridgehead atoms. The average Bonchev–Trinajstić information content (AvgIpc) is 2.92. The van der Waals surface area contributed by atoms with E-state index in [4.69, 9.17) is 5.73 Å². The molecular formula is C14H24N2O2. The van der Waals surface area contributed by atoms with E-state index in [1.807, 2.05) is 4.90 Å². The Balaban J connectivity index is 1.67. The Kier molecular flexibility index (Phi) is 3.10. The molecule has 0 aromatic heterocycles. The molecule has 18 heavy (non-hydrogen) atoms. The molecular weight excluding hydrogens is 228 g/mol. The zero-order chi connectivity index (χ0) is 12.8. The maximum Gasteiger partial charge on any atom is 0.242 e. The summed E-state index contributed by atoms with van der Waals surface area (Å²) in [7, 11) is 0. The van der Waals surface area contributed by atoms with Crippen LogP contribution in [-0.2, 0) is 4.79 Å². The van der Waals surface area contributed by atoms with Gasteiger partial charge in [-0.3, -0.25) is 4.79 Å². The summed E-state index contributed by atoms with van der Waals surface area (Å²) in [6, 6.07) is 0. The maximum absolute atomic E-state index is 12.6. The van der Waals surface area contributed by atoms with Crippen LogP contribution in [0, 0.1) is 11.8 Å². The van der Waals surface area contributed by atoms with Crippen LogP contribution in [0.25, 0.3) is 0 Å². The number of nitrogens with two attached hydrogens (primary N) is 1. The quantitative estimate of drug-likeness (QED) is 0.728. The molecule has 3 aliphatic rings. The van der Waals surface area contributed by atoms with E-state index in [1.54, 1.807) is 0 Å². The van der Waals surface area contributed by atoms with Crippen LogP contribution in [0.5, 0.6) is 0 Å². The Morgan fingerprint density at radius 3 is 2.56 bits per heavy atom. The highest BCUT2D eigenvalue weighted by Crippen LogP contribution is 2.39. The van der Waals surface area contributed by atoms with Crippen LogP contribution in [-0.4, -0.2) is 40.6 Å². The van der Waals surface area contributed by atoms with Crippen molar-refractivity contribution in [3.8, 4) is 0 Å². The first-order valence-electron chi connectivity index (χ1n) is 7.36. The van der Waals surface area contributed by atoms with Gasteiger partial charge in [0.1, 0.15) is 0 Å². The minimum atomic E-state index is -0.609. The molecule has 0 aromatic carbocycles. The van der Waals surface area contributed by atoms with Gasteiger partial charge in [0.05, 0.1) is 11.6 Å². The molecule has 4 nitrogen and oxygen atoms in total. The van der Waals surface area contributed by atoms with Crippen LogP contribution >= 0.6 is 0 Å². The molecule has 1 saturated heterocycles. The van der Waals surface area contributed by atoms with Crippen molar-refractivity contribution >= 4 is 5.91 Å². The van der Waals surface area contributed by atoms with Crippen LogP contribution in [0.4, 0.5) is 0 Å². The largest absolute Gasteiger partial charge is 0.393 e. The first kappa shape index (κ1) is 12.4. The van der Waals surface area contributed by atoms with Crippen LogP contribution in [0.15, 0.2) is 0 Å². The van der Waals surface area contributed by atoms with Gasteiger partial charge in [-0.2, -0.15) is 0 Å². The van der Waals surface area contributed by atoms with Crippen LogP contribution in [0.1, 0.15) is 44.9 Å². The zero-order valence-corrected chi connectivity index (χ0v) is 11.0. The van der Waals surface area contributed by atoms with Gasteiger partial charge >= 0.3 is 0 Å². The molecule has 1 aliphatic heterocycles. The van der Waals surface area contributed by atoms with Gasteiger partial charge in [-0.05, 0) is 31.6 Å². The van der Waals surface area contributed by atoms with Crippen LogP contribution in [0.3, 0.4) is 0 Å². The summed E-state index contributed by atoms with van der Waals surface area (Å²) < 4.78 is 0. The third kappa shape index (κ3) is 1.95. The first-order chi connectivity index (χ1) is 8.60. The summed E-state index contributed by atoms with van der Waals surface area (Å²) in [4.78, 5) is 14.5. The van der Waals surface area contributed by atoms with Crippen LogP contribution in [0.2, 0.25) is 0 Å². The molecule has 1 heterocycles. The summed E-state index contributed by atoms with van der Waals surface area (Å²) in [5.74, 6) is 0.959. The number of carbonyl (C=O) groups excluding carboxylic acids is 1. The number of amides is 1. The Bertz CT molecular complexity index is 339. The monoisotopic (exact) mass is 252 g/mol. The van der Waals surface area contributed by atoms with Gasteiger partial charge in [-0.1, -0.05) is 19.3 Å². The Labute approximate surface area is 109 Å². The standard InChI is InChI=1S/C14H24N2O2/c15-14(6-2-1-3-7-14)13(18)16-8-10-4-5-12(17)11(10)9-16/h10-12,17H,1-9,15H2. The van der Waals surface area contributed by atoms with Crippen molar-refractivity contribution in [1.29, 1.82) is 0 Å². The Morgan fingerprint density at radius 2 is 1.89 bits per heavy atom. The average molecular weight is 252 g/mol. The van der Waals surface area contributed by atoms with E-state index in [9.17, 15) is 9.90 Å². The lowest BCUT2D eigenvalue weighted by atomic mass is 9.81. The van der Waals surface area contributed by atoms with Gasteiger partial charge in [-0.25, -0.2) is 0 Å².